The van der Waals surface area contributed by atoms with Crippen LogP contribution in [0, 0.1) is 12.8 Å². The van der Waals surface area contributed by atoms with Gasteiger partial charge in [0, 0.05) is 16.1 Å². The molecule has 0 fully saturated rings. The minimum Gasteiger partial charge on any atom is -0.349 e. The zero-order chi connectivity index (χ0) is 13.0. The standard InChI is InChI=1S/C14H20BrNO/c1-5-10(3)11(4)16-14(17)12-6-9(2)7-13(15)8-12/h6-8,10-11H,5H2,1-4H3,(H,16,17). The van der Waals surface area contributed by atoms with E-state index >= 15 is 0 Å². The summed E-state index contributed by atoms with van der Waals surface area (Å²) in [5.41, 5.74) is 1.80. The molecule has 3 heteroatoms. The van der Waals surface area contributed by atoms with Gasteiger partial charge in [0.05, 0.1) is 0 Å². The van der Waals surface area contributed by atoms with Crippen molar-refractivity contribution in [2.45, 2.75) is 40.2 Å². The van der Waals surface area contributed by atoms with Gasteiger partial charge in [0.25, 0.3) is 5.91 Å². The smallest absolute Gasteiger partial charge is 0.251 e. The lowest BCUT2D eigenvalue weighted by Crippen LogP contribution is -2.36. The number of hydrogen-bond acceptors (Lipinski definition) is 1. The lowest BCUT2D eigenvalue weighted by molar-refractivity contribution is 0.0928. The molecule has 2 atom stereocenters. The summed E-state index contributed by atoms with van der Waals surface area (Å²) in [7, 11) is 0. The topological polar surface area (TPSA) is 29.1 Å². The van der Waals surface area contributed by atoms with E-state index in [9.17, 15) is 4.79 Å². The molecule has 0 radical (unpaired) electrons. The molecule has 0 aliphatic heterocycles. The lowest BCUT2D eigenvalue weighted by atomic mass is 10.0. The average Bonchev–Trinajstić information content (AvgIpc) is 2.26. The number of carbonyl (C=O) groups is 1. The molecule has 0 saturated heterocycles. The van der Waals surface area contributed by atoms with Crippen molar-refractivity contribution in [2.75, 3.05) is 0 Å². The molecule has 17 heavy (non-hydrogen) atoms. The van der Waals surface area contributed by atoms with Crippen LogP contribution in [0.4, 0.5) is 0 Å². The molecule has 1 aromatic rings. The van der Waals surface area contributed by atoms with Gasteiger partial charge in [-0.3, -0.25) is 4.79 Å². The van der Waals surface area contributed by atoms with Crippen LogP contribution >= 0.6 is 15.9 Å². The Morgan fingerprint density at radius 1 is 1.35 bits per heavy atom. The number of halogens is 1. The van der Waals surface area contributed by atoms with Gasteiger partial charge in [-0.2, -0.15) is 0 Å². The second-order valence-electron chi connectivity index (χ2n) is 4.66. The summed E-state index contributed by atoms with van der Waals surface area (Å²) in [6.45, 7) is 8.32. The highest BCUT2D eigenvalue weighted by atomic mass is 79.9. The summed E-state index contributed by atoms with van der Waals surface area (Å²) >= 11 is 3.41. The first-order chi connectivity index (χ1) is 7.93. The third-order valence-electron chi connectivity index (χ3n) is 3.16. The van der Waals surface area contributed by atoms with Gasteiger partial charge in [0.15, 0.2) is 0 Å². The van der Waals surface area contributed by atoms with Crippen LogP contribution in [0.1, 0.15) is 43.1 Å². The van der Waals surface area contributed by atoms with E-state index in [4.69, 9.17) is 0 Å². The first kappa shape index (κ1) is 14.2. The molecule has 0 saturated carbocycles. The number of carbonyl (C=O) groups excluding carboxylic acids is 1. The van der Waals surface area contributed by atoms with Gasteiger partial charge in [0.1, 0.15) is 0 Å². The van der Waals surface area contributed by atoms with Crippen molar-refractivity contribution >= 4 is 21.8 Å². The molecule has 1 N–H and O–H groups in total. The maximum absolute atomic E-state index is 12.0. The minimum atomic E-state index is 0.00204. The Morgan fingerprint density at radius 2 is 2.00 bits per heavy atom. The van der Waals surface area contributed by atoms with Gasteiger partial charge in [-0.05, 0) is 43.5 Å². The predicted molar refractivity (Wildman–Crippen MR) is 75.3 cm³/mol. The molecular weight excluding hydrogens is 278 g/mol. The quantitative estimate of drug-likeness (QED) is 0.896. The van der Waals surface area contributed by atoms with Crippen LogP contribution < -0.4 is 5.32 Å². The third kappa shape index (κ3) is 4.15. The van der Waals surface area contributed by atoms with E-state index in [1.54, 1.807) is 0 Å². The number of aryl methyl sites for hydroxylation is 1. The number of amides is 1. The number of benzene rings is 1. The number of rotatable bonds is 4. The lowest BCUT2D eigenvalue weighted by Gasteiger charge is -2.20. The van der Waals surface area contributed by atoms with Gasteiger partial charge in [0.2, 0.25) is 0 Å². The van der Waals surface area contributed by atoms with Crippen molar-refractivity contribution in [3.8, 4) is 0 Å². The molecule has 1 rings (SSSR count). The first-order valence-electron chi connectivity index (χ1n) is 6.02. The van der Waals surface area contributed by atoms with E-state index in [0.717, 1.165) is 16.5 Å². The normalized spacial score (nSPS) is 14.2. The summed E-state index contributed by atoms with van der Waals surface area (Å²) in [6, 6.07) is 5.95. The van der Waals surface area contributed by atoms with Crippen LogP contribution in [0.2, 0.25) is 0 Å². The van der Waals surface area contributed by atoms with Crippen LogP contribution in [-0.4, -0.2) is 11.9 Å². The molecule has 2 unspecified atom stereocenters. The molecular formula is C14H20BrNO. The molecule has 0 aliphatic carbocycles. The molecule has 2 nitrogen and oxygen atoms in total. The molecule has 0 aromatic heterocycles. The zero-order valence-electron chi connectivity index (χ0n) is 10.9. The molecule has 94 valence electrons. The van der Waals surface area contributed by atoms with E-state index in [1.165, 1.54) is 0 Å². The van der Waals surface area contributed by atoms with Crippen LogP contribution in [0.5, 0.6) is 0 Å². The fraction of sp³-hybridized carbons (Fsp3) is 0.500. The van der Waals surface area contributed by atoms with Gasteiger partial charge in [-0.1, -0.05) is 36.2 Å². The minimum absolute atomic E-state index is 0.00204. The maximum Gasteiger partial charge on any atom is 0.251 e. The Bertz CT molecular complexity index is 383. The maximum atomic E-state index is 12.0. The van der Waals surface area contributed by atoms with Gasteiger partial charge >= 0.3 is 0 Å². The summed E-state index contributed by atoms with van der Waals surface area (Å²) in [4.78, 5) is 12.0. The van der Waals surface area contributed by atoms with Crippen molar-refractivity contribution < 1.29 is 4.79 Å². The number of nitrogens with one attached hydrogen (secondary N) is 1. The first-order valence-corrected chi connectivity index (χ1v) is 6.81. The van der Waals surface area contributed by atoms with E-state index in [0.29, 0.717) is 11.5 Å². The Morgan fingerprint density at radius 3 is 2.53 bits per heavy atom. The van der Waals surface area contributed by atoms with Crippen LogP contribution in [0.25, 0.3) is 0 Å². The Kier molecular flexibility index (Phi) is 5.19. The van der Waals surface area contributed by atoms with E-state index < -0.39 is 0 Å². The van der Waals surface area contributed by atoms with Crippen molar-refractivity contribution in [3.63, 3.8) is 0 Å². The monoisotopic (exact) mass is 297 g/mol. The highest BCUT2D eigenvalue weighted by molar-refractivity contribution is 9.10. The zero-order valence-corrected chi connectivity index (χ0v) is 12.5. The fourth-order valence-electron chi connectivity index (χ4n) is 1.65. The molecule has 0 bridgehead atoms. The predicted octanol–water partition coefficient (Wildman–Crippen LogP) is 3.92. The molecule has 0 spiro atoms. The number of hydrogen-bond donors (Lipinski definition) is 1. The molecule has 1 amide bonds. The fourth-order valence-corrected chi connectivity index (χ4v) is 2.26. The molecule has 1 aromatic carbocycles. The second-order valence-corrected chi connectivity index (χ2v) is 5.58. The Labute approximate surface area is 112 Å². The van der Waals surface area contributed by atoms with Gasteiger partial charge < -0.3 is 5.32 Å². The van der Waals surface area contributed by atoms with Crippen molar-refractivity contribution in [2.24, 2.45) is 5.92 Å². The Hall–Kier alpha value is -0.830. The second kappa shape index (κ2) is 6.20. The van der Waals surface area contributed by atoms with Gasteiger partial charge in [-0.25, -0.2) is 0 Å². The van der Waals surface area contributed by atoms with Crippen molar-refractivity contribution in [1.29, 1.82) is 0 Å². The van der Waals surface area contributed by atoms with E-state index in [1.807, 2.05) is 25.1 Å². The van der Waals surface area contributed by atoms with Crippen LogP contribution in [0.15, 0.2) is 22.7 Å². The van der Waals surface area contributed by atoms with Crippen molar-refractivity contribution in [3.05, 3.63) is 33.8 Å². The van der Waals surface area contributed by atoms with Crippen LogP contribution in [-0.2, 0) is 0 Å². The highest BCUT2D eigenvalue weighted by Gasteiger charge is 2.14. The highest BCUT2D eigenvalue weighted by Crippen LogP contribution is 2.16. The van der Waals surface area contributed by atoms with E-state index in [2.05, 4.69) is 42.0 Å². The van der Waals surface area contributed by atoms with Crippen molar-refractivity contribution in [1.82, 2.24) is 5.32 Å². The van der Waals surface area contributed by atoms with Crippen LogP contribution in [0.3, 0.4) is 0 Å². The SMILES string of the molecule is CCC(C)C(C)NC(=O)c1cc(C)cc(Br)c1. The summed E-state index contributed by atoms with van der Waals surface area (Å²) in [5.74, 6) is 0.495. The van der Waals surface area contributed by atoms with E-state index in [-0.39, 0.29) is 11.9 Å². The average molecular weight is 298 g/mol. The summed E-state index contributed by atoms with van der Waals surface area (Å²) in [5, 5.41) is 3.04. The summed E-state index contributed by atoms with van der Waals surface area (Å²) in [6.07, 6.45) is 1.07. The third-order valence-corrected chi connectivity index (χ3v) is 3.62. The Balaban J connectivity index is 2.76. The summed E-state index contributed by atoms with van der Waals surface area (Å²) < 4.78 is 0.943. The molecule has 0 heterocycles. The largest absolute Gasteiger partial charge is 0.349 e. The molecule has 0 aliphatic rings. The van der Waals surface area contributed by atoms with Gasteiger partial charge in [-0.15, -0.1) is 0 Å².